The molecule has 16 heavy (non-hydrogen) atoms. The third kappa shape index (κ3) is 2.24. The average molecular weight is 220 g/mol. The van der Waals surface area contributed by atoms with Crippen LogP contribution in [-0.4, -0.2) is 17.4 Å². The van der Waals surface area contributed by atoms with Crippen molar-refractivity contribution in [2.45, 2.75) is 19.8 Å². The van der Waals surface area contributed by atoms with E-state index in [1.807, 2.05) is 0 Å². The number of nitrogens with two attached hydrogens (primary N) is 2. The van der Waals surface area contributed by atoms with E-state index in [9.17, 15) is 4.79 Å². The van der Waals surface area contributed by atoms with Crippen LogP contribution in [0.4, 0.5) is 11.5 Å². The summed E-state index contributed by atoms with van der Waals surface area (Å²) in [5, 5.41) is 3.17. The van der Waals surface area contributed by atoms with Gasteiger partial charge in [-0.3, -0.25) is 4.79 Å². The predicted molar refractivity (Wildman–Crippen MR) is 63.0 cm³/mol. The van der Waals surface area contributed by atoms with Crippen molar-refractivity contribution in [3.8, 4) is 0 Å². The molecule has 0 atom stereocenters. The maximum atomic E-state index is 11.0. The molecule has 5 N–H and O–H groups in total. The van der Waals surface area contributed by atoms with Crippen LogP contribution in [0.25, 0.3) is 0 Å². The molecule has 1 saturated carbocycles. The predicted octanol–water partition coefficient (Wildman–Crippen LogP) is 0.975. The molecule has 0 unspecified atom stereocenters. The van der Waals surface area contributed by atoms with Gasteiger partial charge in [-0.2, -0.15) is 0 Å². The molecule has 0 bridgehead atoms. The van der Waals surface area contributed by atoms with E-state index in [1.165, 1.54) is 18.9 Å². The van der Waals surface area contributed by atoms with Crippen LogP contribution in [0.5, 0.6) is 0 Å². The Hall–Kier alpha value is -1.78. The third-order valence-electron chi connectivity index (χ3n) is 2.97. The highest BCUT2D eigenvalue weighted by Gasteiger charge is 2.36. The molecule has 1 aliphatic rings. The van der Waals surface area contributed by atoms with Gasteiger partial charge in [0.2, 0.25) is 0 Å². The van der Waals surface area contributed by atoms with Gasteiger partial charge in [-0.15, -0.1) is 0 Å². The highest BCUT2D eigenvalue weighted by molar-refractivity contribution is 5.91. The van der Waals surface area contributed by atoms with Crippen LogP contribution in [0.15, 0.2) is 12.1 Å². The largest absolute Gasteiger partial charge is 0.396 e. The normalized spacial score (nSPS) is 16.8. The number of carbonyl (C=O) groups is 1. The van der Waals surface area contributed by atoms with Crippen molar-refractivity contribution in [1.29, 1.82) is 0 Å². The zero-order valence-corrected chi connectivity index (χ0v) is 9.29. The van der Waals surface area contributed by atoms with Crippen molar-refractivity contribution in [1.82, 2.24) is 4.98 Å². The number of hydrogen-bond acceptors (Lipinski definition) is 4. The van der Waals surface area contributed by atoms with Gasteiger partial charge in [0.15, 0.2) is 0 Å². The van der Waals surface area contributed by atoms with Crippen molar-refractivity contribution in [2.75, 3.05) is 17.6 Å². The van der Waals surface area contributed by atoms with Gasteiger partial charge in [0.05, 0.1) is 5.69 Å². The molecule has 1 aromatic rings. The van der Waals surface area contributed by atoms with E-state index < -0.39 is 5.91 Å². The Morgan fingerprint density at radius 1 is 1.56 bits per heavy atom. The summed E-state index contributed by atoms with van der Waals surface area (Å²) in [4.78, 5) is 15.1. The summed E-state index contributed by atoms with van der Waals surface area (Å²) in [6, 6.07) is 3.17. The minimum absolute atomic E-state index is 0.234. The zero-order valence-electron chi connectivity index (χ0n) is 9.29. The van der Waals surface area contributed by atoms with Crippen molar-refractivity contribution in [3.63, 3.8) is 0 Å². The first-order chi connectivity index (χ1) is 7.50. The number of rotatable bonds is 4. The fraction of sp³-hybridized carbons (Fsp3) is 0.455. The molecule has 2 rings (SSSR count). The van der Waals surface area contributed by atoms with Gasteiger partial charge in [0.25, 0.3) is 5.91 Å². The van der Waals surface area contributed by atoms with Gasteiger partial charge >= 0.3 is 0 Å². The van der Waals surface area contributed by atoms with Gasteiger partial charge in [0, 0.05) is 6.54 Å². The summed E-state index contributed by atoms with van der Waals surface area (Å²) in [5.41, 5.74) is 12.0. The number of nitrogen functional groups attached to an aromatic ring is 1. The lowest BCUT2D eigenvalue weighted by molar-refractivity contribution is 0.0996. The van der Waals surface area contributed by atoms with Crippen LogP contribution in [-0.2, 0) is 0 Å². The Kier molecular flexibility index (Phi) is 2.46. The van der Waals surface area contributed by atoms with Gasteiger partial charge in [0.1, 0.15) is 11.5 Å². The number of aromatic nitrogens is 1. The fourth-order valence-corrected chi connectivity index (χ4v) is 1.44. The molecular weight excluding hydrogens is 204 g/mol. The molecule has 1 aliphatic carbocycles. The van der Waals surface area contributed by atoms with Crippen LogP contribution in [0, 0.1) is 5.41 Å². The molecular formula is C11H16N4O. The number of amides is 1. The molecule has 1 heterocycles. The summed E-state index contributed by atoms with van der Waals surface area (Å²) < 4.78 is 0. The van der Waals surface area contributed by atoms with Crippen molar-refractivity contribution >= 4 is 17.4 Å². The van der Waals surface area contributed by atoms with Gasteiger partial charge in [-0.1, -0.05) is 6.92 Å². The second-order valence-electron chi connectivity index (χ2n) is 4.66. The van der Waals surface area contributed by atoms with Crippen LogP contribution < -0.4 is 16.8 Å². The van der Waals surface area contributed by atoms with E-state index in [2.05, 4.69) is 17.2 Å². The lowest BCUT2D eigenvalue weighted by Crippen LogP contribution is -2.17. The second kappa shape index (κ2) is 3.66. The third-order valence-corrected chi connectivity index (χ3v) is 2.97. The number of nitrogens with zero attached hydrogens (tertiary/aromatic N) is 1. The Morgan fingerprint density at radius 2 is 2.25 bits per heavy atom. The van der Waals surface area contributed by atoms with Gasteiger partial charge in [-0.05, 0) is 30.4 Å². The molecule has 5 nitrogen and oxygen atoms in total. The Labute approximate surface area is 94.2 Å². The molecule has 0 radical (unpaired) electrons. The minimum Gasteiger partial charge on any atom is -0.396 e. The van der Waals surface area contributed by atoms with Gasteiger partial charge in [-0.25, -0.2) is 4.98 Å². The van der Waals surface area contributed by atoms with Gasteiger partial charge < -0.3 is 16.8 Å². The van der Waals surface area contributed by atoms with E-state index >= 15 is 0 Å². The number of hydrogen-bond donors (Lipinski definition) is 3. The minimum atomic E-state index is -0.541. The first-order valence-corrected chi connectivity index (χ1v) is 5.30. The molecule has 0 aliphatic heterocycles. The molecule has 1 fully saturated rings. The number of pyridine rings is 1. The SMILES string of the molecule is CC1(CNc2nc(C(N)=O)ccc2N)CC1. The Bertz CT molecular complexity index is 426. The lowest BCUT2D eigenvalue weighted by atomic mass is 10.1. The molecule has 1 amide bonds. The van der Waals surface area contributed by atoms with Crippen LogP contribution in [0.2, 0.25) is 0 Å². The number of anilines is 2. The summed E-state index contributed by atoms with van der Waals surface area (Å²) in [6.45, 7) is 3.03. The second-order valence-corrected chi connectivity index (χ2v) is 4.66. The molecule has 5 heteroatoms. The Balaban J connectivity index is 2.12. The number of primary amides is 1. The van der Waals surface area contributed by atoms with Crippen molar-refractivity contribution in [3.05, 3.63) is 17.8 Å². The maximum Gasteiger partial charge on any atom is 0.267 e. The van der Waals surface area contributed by atoms with Crippen molar-refractivity contribution < 1.29 is 4.79 Å². The summed E-state index contributed by atoms with van der Waals surface area (Å²) >= 11 is 0. The first kappa shape index (κ1) is 10.7. The maximum absolute atomic E-state index is 11.0. The molecule has 0 saturated heterocycles. The van der Waals surface area contributed by atoms with E-state index in [0.29, 0.717) is 16.9 Å². The van der Waals surface area contributed by atoms with Crippen LogP contribution >= 0.6 is 0 Å². The molecule has 86 valence electrons. The zero-order chi connectivity index (χ0) is 11.8. The molecule has 0 spiro atoms. The monoisotopic (exact) mass is 220 g/mol. The summed E-state index contributed by atoms with van der Waals surface area (Å²) in [7, 11) is 0. The summed E-state index contributed by atoms with van der Waals surface area (Å²) in [5.74, 6) is 0.00473. The standard InChI is InChI=1S/C11H16N4O/c1-11(4-5-11)6-14-10-7(12)2-3-8(15-10)9(13)16/h2-3H,4-6,12H2,1H3,(H2,13,16)(H,14,15). The highest BCUT2D eigenvalue weighted by Crippen LogP contribution is 2.44. The molecule has 0 aromatic carbocycles. The Morgan fingerprint density at radius 3 is 2.81 bits per heavy atom. The molecule has 1 aromatic heterocycles. The smallest absolute Gasteiger partial charge is 0.267 e. The number of carbonyl (C=O) groups excluding carboxylic acids is 1. The topological polar surface area (TPSA) is 94.0 Å². The van der Waals surface area contributed by atoms with E-state index in [4.69, 9.17) is 11.5 Å². The van der Waals surface area contributed by atoms with E-state index in [-0.39, 0.29) is 5.69 Å². The lowest BCUT2D eigenvalue weighted by Gasteiger charge is -2.12. The quantitative estimate of drug-likeness (QED) is 0.704. The average Bonchev–Trinajstić information content (AvgIpc) is 2.95. The van der Waals surface area contributed by atoms with Crippen molar-refractivity contribution in [2.24, 2.45) is 11.1 Å². The van der Waals surface area contributed by atoms with E-state index in [0.717, 1.165) is 6.54 Å². The van der Waals surface area contributed by atoms with Crippen LogP contribution in [0.1, 0.15) is 30.3 Å². The van der Waals surface area contributed by atoms with Crippen LogP contribution in [0.3, 0.4) is 0 Å². The van der Waals surface area contributed by atoms with E-state index in [1.54, 1.807) is 6.07 Å². The number of nitrogens with one attached hydrogen (secondary N) is 1. The highest BCUT2D eigenvalue weighted by atomic mass is 16.1. The summed E-state index contributed by atoms with van der Waals surface area (Å²) in [6.07, 6.45) is 2.44. The first-order valence-electron chi connectivity index (χ1n) is 5.30. The fourth-order valence-electron chi connectivity index (χ4n) is 1.44.